The molecule has 0 saturated carbocycles. The van der Waals surface area contributed by atoms with Crippen molar-refractivity contribution < 1.29 is 9.53 Å². The summed E-state index contributed by atoms with van der Waals surface area (Å²) in [4.78, 5) is 14.2. The highest BCUT2D eigenvalue weighted by Gasteiger charge is 2.14. The topological polar surface area (TPSA) is 69.0 Å². The highest BCUT2D eigenvalue weighted by Crippen LogP contribution is 2.24. The Hall–Kier alpha value is -3.38. The molecule has 0 aliphatic carbocycles. The highest BCUT2D eigenvalue weighted by molar-refractivity contribution is 6.31. The van der Waals surface area contributed by atoms with Crippen LogP contribution in [0.25, 0.3) is 16.7 Å². The Kier molecular flexibility index (Phi) is 4.71. The number of carbonyl (C=O) groups excluding carboxylic acids is 1. The van der Waals surface area contributed by atoms with Gasteiger partial charge in [0, 0.05) is 10.7 Å². The Bertz CT molecular complexity index is 1170. The summed E-state index contributed by atoms with van der Waals surface area (Å²) in [7, 11) is 1.51. The lowest BCUT2D eigenvalue weighted by Crippen LogP contribution is -2.13. The normalized spacial score (nSPS) is 10.8. The van der Waals surface area contributed by atoms with Gasteiger partial charge in [-0.15, -0.1) is 10.2 Å². The maximum Gasteiger partial charge on any atom is 0.259 e. The molecule has 0 bridgehead atoms. The summed E-state index contributed by atoms with van der Waals surface area (Å²) >= 11 is 6.01. The van der Waals surface area contributed by atoms with Crippen molar-refractivity contribution in [2.24, 2.45) is 0 Å². The van der Waals surface area contributed by atoms with Crippen LogP contribution in [0.5, 0.6) is 5.75 Å². The molecule has 0 saturated heterocycles. The van der Waals surface area contributed by atoms with E-state index in [0.717, 1.165) is 11.2 Å². The van der Waals surface area contributed by atoms with Gasteiger partial charge >= 0.3 is 0 Å². The number of nitrogens with one attached hydrogen (secondary N) is 1. The summed E-state index contributed by atoms with van der Waals surface area (Å²) in [5.74, 6) is 0.137. The number of carbonyl (C=O) groups is 1. The largest absolute Gasteiger partial charge is 0.496 e. The van der Waals surface area contributed by atoms with Crippen LogP contribution in [-0.4, -0.2) is 28.0 Å². The first-order chi connectivity index (χ1) is 13.5. The number of rotatable bonds is 4. The van der Waals surface area contributed by atoms with Crippen molar-refractivity contribution in [2.75, 3.05) is 12.4 Å². The molecule has 0 fully saturated rings. The van der Waals surface area contributed by atoms with Crippen LogP contribution in [0, 0.1) is 6.92 Å². The minimum atomic E-state index is -0.315. The number of aryl methyl sites for hydroxylation is 1. The molecule has 6 nitrogen and oxygen atoms in total. The van der Waals surface area contributed by atoms with Crippen LogP contribution in [0.2, 0.25) is 5.02 Å². The molecule has 0 radical (unpaired) electrons. The van der Waals surface area contributed by atoms with Crippen molar-refractivity contribution in [3.63, 3.8) is 0 Å². The zero-order chi connectivity index (χ0) is 19.7. The number of anilines is 1. The fourth-order valence-corrected chi connectivity index (χ4v) is 3.01. The van der Waals surface area contributed by atoms with Crippen molar-refractivity contribution in [3.8, 4) is 11.4 Å². The summed E-state index contributed by atoms with van der Waals surface area (Å²) < 4.78 is 5.24. The number of hydrogen-bond donors (Lipinski definition) is 1. The molecule has 1 heterocycles. The van der Waals surface area contributed by atoms with E-state index in [4.69, 9.17) is 16.3 Å². The predicted molar refractivity (Wildman–Crippen MR) is 110 cm³/mol. The summed E-state index contributed by atoms with van der Waals surface area (Å²) in [6, 6.07) is 18.2. The van der Waals surface area contributed by atoms with Crippen LogP contribution in [0.3, 0.4) is 0 Å². The quantitative estimate of drug-likeness (QED) is 0.549. The fraction of sp³-hybridized carbons (Fsp3) is 0.0952. The molecule has 140 valence electrons. The maximum atomic E-state index is 12.6. The molecule has 4 aromatic rings. The first-order valence-corrected chi connectivity index (χ1v) is 9.00. The van der Waals surface area contributed by atoms with Gasteiger partial charge in [-0.1, -0.05) is 29.3 Å². The van der Waals surface area contributed by atoms with Crippen molar-refractivity contribution in [3.05, 3.63) is 76.8 Å². The minimum Gasteiger partial charge on any atom is -0.496 e. The second-order valence-corrected chi connectivity index (χ2v) is 6.76. The molecule has 7 heteroatoms. The first-order valence-electron chi connectivity index (χ1n) is 8.62. The number of benzene rings is 3. The average molecular weight is 393 g/mol. The fourth-order valence-electron chi connectivity index (χ4n) is 2.84. The standard InChI is InChI=1S/C21H17ClN4O2/c1-13-3-7-16(8-4-13)26-24-18-9-6-15(12-19(18)25-26)23-21(27)17-11-14(22)5-10-20(17)28-2/h3-12H,1-2H3,(H,23,27). The van der Waals surface area contributed by atoms with Gasteiger partial charge in [0.15, 0.2) is 0 Å². The zero-order valence-electron chi connectivity index (χ0n) is 15.3. The molecule has 0 atom stereocenters. The van der Waals surface area contributed by atoms with E-state index in [-0.39, 0.29) is 5.91 Å². The van der Waals surface area contributed by atoms with Gasteiger partial charge in [-0.2, -0.15) is 4.80 Å². The number of ether oxygens (including phenoxy) is 1. The molecule has 1 N–H and O–H groups in total. The van der Waals surface area contributed by atoms with E-state index >= 15 is 0 Å². The molecular formula is C21H17ClN4O2. The third-order valence-corrected chi connectivity index (χ3v) is 4.54. The lowest BCUT2D eigenvalue weighted by atomic mass is 10.1. The lowest BCUT2D eigenvalue weighted by Gasteiger charge is -2.09. The molecule has 3 aromatic carbocycles. The zero-order valence-corrected chi connectivity index (χ0v) is 16.1. The van der Waals surface area contributed by atoms with Gasteiger partial charge in [0.1, 0.15) is 16.8 Å². The Morgan fingerprint density at radius 1 is 1.00 bits per heavy atom. The number of halogens is 1. The molecule has 1 amide bonds. The third-order valence-electron chi connectivity index (χ3n) is 4.31. The molecule has 1 aromatic heterocycles. The number of amides is 1. The number of methoxy groups -OCH3 is 1. The van der Waals surface area contributed by atoms with Crippen LogP contribution in [0.15, 0.2) is 60.7 Å². The van der Waals surface area contributed by atoms with E-state index in [1.165, 1.54) is 12.7 Å². The van der Waals surface area contributed by atoms with Gasteiger partial charge in [0.2, 0.25) is 0 Å². The molecule has 0 aliphatic heterocycles. The van der Waals surface area contributed by atoms with Gasteiger partial charge in [-0.05, 0) is 55.5 Å². The molecule has 4 rings (SSSR count). The summed E-state index contributed by atoms with van der Waals surface area (Å²) in [6.07, 6.45) is 0. The molecular weight excluding hydrogens is 376 g/mol. The van der Waals surface area contributed by atoms with Gasteiger partial charge in [0.25, 0.3) is 5.91 Å². The second kappa shape index (κ2) is 7.32. The van der Waals surface area contributed by atoms with Gasteiger partial charge < -0.3 is 10.1 Å². The number of aromatic nitrogens is 3. The SMILES string of the molecule is COc1ccc(Cl)cc1C(=O)Nc1ccc2nn(-c3ccc(C)cc3)nc2c1. The van der Waals surface area contributed by atoms with E-state index < -0.39 is 0 Å². The van der Waals surface area contributed by atoms with E-state index in [9.17, 15) is 4.79 Å². The van der Waals surface area contributed by atoms with Crippen LogP contribution < -0.4 is 10.1 Å². The Morgan fingerprint density at radius 3 is 2.50 bits per heavy atom. The van der Waals surface area contributed by atoms with Crippen LogP contribution >= 0.6 is 11.6 Å². The van der Waals surface area contributed by atoms with E-state index in [2.05, 4.69) is 15.5 Å². The Balaban J connectivity index is 1.62. The van der Waals surface area contributed by atoms with Crippen LogP contribution in [-0.2, 0) is 0 Å². The van der Waals surface area contributed by atoms with Gasteiger partial charge in [-0.25, -0.2) is 0 Å². The summed E-state index contributed by atoms with van der Waals surface area (Å²) in [5, 5.41) is 12.3. The molecule has 0 aliphatic rings. The van der Waals surface area contributed by atoms with E-state index in [1.807, 2.05) is 37.3 Å². The predicted octanol–water partition coefficient (Wildman–Crippen LogP) is 4.64. The van der Waals surface area contributed by atoms with Crippen molar-refractivity contribution in [1.82, 2.24) is 15.0 Å². The summed E-state index contributed by atoms with van der Waals surface area (Å²) in [6.45, 7) is 2.03. The van der Waals surface area contributed by atoms with E-state index in [0.29, 0.717) is 27.5 Å². The van der Waals surface area contributed by atoms with Gasteiger partial charge in [0.05, 0.1) is 18.4 Å². The third kappa shape index (κ3) is 3.54. The highest BCUT2D eigenvalue weighted by atomic mass is 35.5. The molecule has 0 unspecified atom stereocenters. The summed E-state index contributed by atoms with van der Waals surface area (Å²) in [5.41, 5.74) is 4.42. The molecule has 28 heavy (non-hydrogen) atoms. The van der Waals surface area contributed by atoms with Crippen molar-refractivity contribution in [1.29, 1.82) is 0 Å². The second-order valence-electron chi connectivity index (χ2n) is 6.33. The number of fused-ring (bicyclic) bond motifs is 1. The van der Waals surface area contributed by atoms with Crippen LogP contribution in [0.1, 0.15) is 15.9 Å². The smallest absolute Gasteiger partial charge is 0.259 e. The lowest BCUT2D eigenvalue weighted by molar-refractivity contribution is 0.102. The van der Waals surface area contributed by atoms with Crippen LogP contribution in [0.4, 0.5) is 5.69 Å². The molecule has 0 spiro atoms. The number of nitrogens with zero attached hydrogens (tertiary/aromatic N) is 3. The van der Waals surface area contributed by atoms with Crippen molar-refractivity contribution in [2.45, 2.75) is 6.92 Å². The minimum absolute atomic E-state index is 0.315. The van der Waals surface area contributed by atoms with Crippen molar-refractivity contribution >= 4 is 34.2 Å². The maximum absolute atomic E-state index is 12.6. The monoisotopic (exact) mass is 392 g/mol. The average Bonchev–Trinajstić information content (AvgIpc) is 3.11. The van der Waals surface area contributed by atoms with Gasteiger partial charge in [-0.3, -0.25) is 4.79 Å². The number of hydrogen-bond acceptors (Lipinski definition) is 4. The Labute approximate surface area is 166 Å². The first kappa shape index (κ1) is 18.0. The Morgan fingerprint density at radius 2 is 1.75 bits per heavy atom. The van der Waals surface area contributed by atoms with E-state index in [1.54, 1.807) is 35.1 Å².